The summed E-state index contributed by atoms with van der Waals surface area (Å²) in [7, 11) is 0. The first-order valence-corrected chi connectivity index (χ1v) is 8.18. The quantitative estimate of drug-likeness (QED) is 0.571. The van der Waals surface area contributed by atoms with Crippen LogP contribution in [0.15, 0.2) is 29.2 Å². The number of carbonyl (C=O) groups is 1. The summed E-state index contributed by atoms with van der Waals surface area (Å²) < 4.78 is 0. The summed E-state index contributed by atoms with van der Waals surface area (Å²) >= 11 is 7.53. The van der Waals surface area contributed by atoms with Gasteiger partial charge in [-0.3, -0.25) is 4.79 Å². The SMILES string of the molecule is CC(C)C(CO)NC(=O)CCCSc1ccc(Cl)cc1. The van der Waals surface area contributed by atoms with Gasteiger partial charge >= 0.3 is 0 Å². The van der Waals surface area contributed by atoms with Crippen molar-refractivity contribution in [2.45, 2.75) is 37.6 Å². The van der Waals surface area contributed by atoms with Crippen molar-refractivity contribution < 1.29 is 9.90 Å². The lowest BCUT2D eigenvalue weighted by molar-refractivity contribution is -0.122. The summed E-state index contributed by atoms with van der Waals surface area (Å²) in [6.45, 7) is 3.96. The summed E-state index contributed by atoms with van der Waals surface area (Å²) in [5.41, 5.74) is 0. The average molecular weight is 316 g/mol. The molecule has 1 atom stereocenters. The lowest BCUT2D eigenvalue weighted by Gasteiger charge is -2.19. The molecule has 0 heterocycles. The number of carbonyl (C=O) groups excluding carboxylic acids is 1. The summed E-state index contributed by atoms with van der Waals surface area (Å²) in [4.78, 5) is 12.9. The lowest BCUT2D eigenvalue weighted by Crippen LogP contribution is -2.41. The van der Waals surface area contributed by atoms with Gasteiger partial charge in [0.05, 0.1) is 12.6 Å². The number of benzene rings is 1. The molecular formula is C15H22ClNO2S. The van der Waals surface area contributed by atoms with E-state index in [0.717, 1.165) is 22.1 Å². The predicted octanol–water partition coefficient (Wildman–Crippen LogP) is 3.35. The fourth-order valence-electron chi connectivity index (χ4n) is 1.66. The van der Waals surface area contributed by atoms with Gasteiger partial charge in [-0.15, -0.1) is 11.8 Å². The largest absolute Gasteiger partial charge is 0.394 e. The molecule has 1 amide bonds. The number of thioether (sulfide) groups is 1. The lowest BCUT2D eigenvalue weighted by atomic mass is 10.1. The Morgan fingerprint density at radius 3 is 2.55 bits per heavy atom. The minimum Gasteiger partial charge on any atom is -0.394 e. The average Bonchev–Trinajstić information content (AvgIpc) is 2.42. The summed E-state index contributed by atoms with van der Waals surface area (Å²) in [5.74, 6) is 1.14. The van der Waals surface area contributed by atoms with E-state index < -0.39 is 0 Å². The molecule has 0 fully saturated rings. The van der Waals surface area contributed by atoms with Crippen LogP contribution in [0.1, 0.15) is 26.7 Å². The number of halogens is 1. The molecule has 1 unspecified atom stereocenters. The number of nitrogens with one attached hydrogen (secondary N) is 1. The Kier molecular flexibility index (Phi) is 8.04. The summed E-state index contributed by atoms with van der Waals surface area (Å²) in [6, 6.07) is 7.55. The highest BCUT2D eigenvalue weighted by atomic mass is 35.5. The van der Waals surface area contributed by atoms with E-state index in [2.05, 4.69) is 5.32 Å². The van der Waals surface area contributed by atoms with E-state index in [4.69, 9.17) is 16.7 Å². The summed E-state index contributed by atoms with van der Waals surface area (Å²) in [5, 5.41) is 12.7. The Bertz CT molecular complexity index is 409. The van der Waals surface area contributed by atoms with Crippen LogP contribution in [0.3, 0.4) is 0 Å². The molecule has 0 spiro atoms. The Hall–Kier alpha value is -0.710. The molecule has 1 aromatic rings. The van der Waals surface area contributed by atoms with Crippen molar-refractivity contribution in [2.24, 2.45) is 5.92 Å². The molecule has 0 radical (unpaired) electrons. The molecule has 112 valence electrons. The number of rotatable bonds is 8. The van der Waals surface area contributed by atoms with Gasteiger partial charge in [0.25, 0.3) is 0 Å². The first-order chi connectivity index (χ1) is 9.52. The molecule has 1 aromatic carbocycles. The number of aliphatic hydroxyl groups is 1. The highest BCUT2D eigenvalue weighted by Crippen LogP contribution is 2.21. The van der Waals surface area contributed by atoms with Crippen LogP contribution in [-0.2, 0) is 4.79 Å². The Morgan fingerprint density at radius 1 is 1.35 bits per heavy atom. The van der Waals surface area contributed by atoms with Gasteiger partial charge in [0.1, 0.15) is 0 Å². The van der Waals surface area contributed by atoms with Crippen LogP contribution in [-0.4, -0.2) is 29.4 Å². The van der Waals surface area contributed by atoms with Crippen molar-refractivity contribution in [3.8, 4) is 0 Å². The first kappa shape index (κ1) is 17.3. The van der Waals surface area contributed by atoms with Crippen LogP contribution in [0.25, 0.3) is 0 Å². The van der Waals surface area contributed by atoms with Gasteiger partial charge < -0.3 is 10.4 Å². The third-order valence-electron chi connectivity index (χ3n) is 2.98. The molecule has 0 saturated heterocycles. The molecule has 0 saturated carbocycles. The normalized spacial score (nSPS) is 12.4. The van der Waals surface area contributed by atoms with E-state index in [1.807, 2.05) is 38.1 Å². The monoisotopic (exact) mass is 315 g/mol. The van der Waals surface area contributed by atoms with Crippen LogP contribution in [0.5, 0.6) is 0 Å². The first-order valence-electron chi connectivity index (χ1n) is 6.81. The van der Waals surface area contributed by atoms with Gasteiger partial charge in [0.15, 0.2) is 0 Å². The van der Waals surface area contributed by atoms with E-state index in [1.54, 1.807) is 11.8 Å². The molecule has 0 aliphatic heterocycles. The molecule has 0 bridgehead atoms. The van der Waals surface area contributed by atoms with Crippen molar-refractivity contribution in [3.05, 3.63) is 29.3 Å². The van der Waals surface area contributed by atoms with E-state index in [0.29, 0.717) is 6.42 Å². The molecule has 20 heavy (non-hydrogen) atoms. The maximum atomic E-state index is 11.7. The highest BCUT2D eigenvalue weighted by molar-refractivity contribution is 7.99. The van der Waals surface area contributed by atoms with Crippen molar-refractivity contribution in [1.29, 1.82) is 0 Å². The maximum absolute atomic E-state index is 11.7. The van der Waals surface area contributed by atoms with Gasteiger partial charge in [-0.2, -0.15) is 0 Å². The van der Waals surface area contributed by atoms with Gasteiger partial charge in [0.2, 0.25) is 5.91 Å². The van der Waals surface area contributed by atoms with Crippen molar-refractivity contribution in [1.82, 2.24) is 5.32 Å². The molecule has 1 rings (SSSR count). The topological polar surface area (TPSA) is 49.3 Å². The van der Waals surface area contributed by atoms with E-state index in [-0.39, 0.29) is 24.5 Å². The Morgan fingerprint density at radius 2 is 2.00 bits per heavy atom. The van der Waals surface area contributed by atoms with E-state index >= 15 is 0 Å². The maximum Gasteiger partial charge on any atom is 0.220 e. The van der Waals surface area contributed by atoms with Gasteiger partial charge in [0, 0.05) is 16.3 Å². The fourth-order valence-corrected chi connectivity index (χ4v) is 2.63. The van der Waals surface area contributed by atoms with Crippen LogP contribution in [0.2, 0.25) is 5.02 Å². The minimum absolute atomic E-state index is 0.00876. The molecule has 0 aliphatic carbocycles. The second-order valence-electron chi connectivity index (χ2n) is 5.01. The number of hydrogen-bond acceptors (Lipinski definition) is 3. The second-order valence-corrected chi connectivity index (χ2v) is 6.61. The fraction of sp³-hybridized carbons (Fsp3) is 0.533. The van der Waals surface area contributed by atoms with Crippen LogP contribution >= 0.6 is 23.4 Å². The Labute approximate surface area is 130 Å². The van der Waals surface area contributed by atoms with E-state index in [1.165, 1.54) is 0 Å². The molecule has 0 aliphatic rings. The third kappa shape index (κ3) is 6.64. The van der Waals surface area contributed by atoms with Crippen molar-refractivity contribution in [2.75, 3.05) is 12.4 Å². The van der Waals surface area contributed by atoms with Gasteiger partial charge in [-0.25, -0.2) is 0 Å². The second kappa shape index (κ2) is 9.27. The highest BCUT2D eigenvalue weighted by Gasteiger charge is 2.14. The smallest absolute Gasteiger partial charge is 0.220 e. The minimum atomic E-state index is -0.147. The van der Waals surface area contributed by atoms with Gasteiger partial charge in [-0.1, -0.05) is 25.4 Å². The number of hydrogen-bond donors (Lipinski definition) is 2. The molecule has 3 nitrogen and oxygen atoms in total. The van der Waals surface area contributed by atoms with Crippen LogP contribution in [0, 0.1) is 5.92 Å². The van der Waals surface area contributed by atoms with Crippen molar-refractivity contribution >= 4 is 29.3 Å². The van der Waals surface area contributed by atoms with E-state index in [9.17, 15) is 4.79 Å². The molecule has 0 aromatic heterocycles. The number of aliphatic hydroxyl groups excluding tert-OH is 1. The zero-order valence-corrected chi connectivity index (χ0v) is 13.5. The van der Waals surface area contributed by atoms with Crippen molar-refractivity contribution in [3.63, 3.8) is 0 Å². The predicted molar refractivity (Wildman–Crippen MR) is 85.3 cm³/mol. The van der Waals surface area contributed by atoms with Gasteiger partial charge in [-0.05, 0) is 42.4 Å². The van der Waals surface area contributed by atoms with Crippen LogP contribution in [0.4, 0.5) is 0 Å². The molecule has 2 N–H and O–H groups in total. The zero-order chi connectivity index (χ0) is 15.0. The standard InChI is InChI=1S/C15H22ClNO2S/c1-11(2)14(10-18)17-15(19)4-3-9-20-13-7-5-12(16)6-8-13/h5-8,11,14,18H,3-4,9-10H2,1-2H3,(H,17,19). The van der Waals surface area contributed by atoms with Crippen LogP contribution < -0.4 is 5.32 Å². The molecule has 5 heteroatoms. The third-order valence-corrected chi connectivity index (χ3v) is 4.33. The molecular weight excluding hydrogens is 294 g/mol. The zero-order valence-electron chi connectivity index (χ0n) is 11.9. The Balaban J connectivity index is 2.20. The summed E-state index contributed by atoms with van der Waals surface area (Å²) in [6.07, 6.45) is 1.30. The number of amides is 1.